The molecule has 1 unspecified atom stereocenters. The summed E-state index contributed by atoms with van der Waals surface area (Å²) >= 11 is 0. The van der Waals surface area contributed by atoms with Crippen molar-refractivity contribution < 1.29 is 0 Å². The smallest absolute Gasteiger partial charge is 0.114 e. The second-order valence-electron chi connectivity index (χ2n) is 3.23. The van der Waals surface area contributed by atoms with E-state index in [0.717, 1.165) is 5.70 Å². The van der Waals surface area contributed by atoms with Crippen molar-refractivity contribution in [3.8, 4) is 0 Å². The van der Waals surface area contributed by atoms with E-state index in [0.29, 0.717) is 0 Å². The van der Waals surface area contributed by atoms with Gasteiger partial charge >= 0.3 is 0 Å². The van der Waals surface area contributed by atoms with Crippen molar-refractivity contribution >= 4 is 0 Å². The van der Waals surface area contributed by atoms with Gasteiger partial charge in [-0.15, -0.1) is 0 Å². The lowest BCUT2D eigenvalue weighted by Crippen LogP contribution is -2.46. The molecule has 0 saturated carbocycles. The standard InChI is InChI=1S/C9H10N4/c10-13-11-8-5-1-3-7-4-2-6-12(13)9(7)8/h1-6,9,11H,10H2. The van der Waals surface area contributed by atoms with Gasteiger partial charge in [0, 0.05) is 6.20 Å². The normalized spacial score (nSPS) is 29.6. The number of nitrogens with zero attached hydrogens (tertiary/aromatic N) is 2. The maximum Gasteiger partial charge on any atom is 0.114 e. The van der Waals surface area contributed by atoms with E-state index in [4.69, 9.17) is 5.84 Å². The van der Waals surface area contributed by atoms with Crippen molar-refractivity contribution in [2.24, 2.45) is 5.84 Å². The molecule has 1 atom stereocenters. The lowest BCUT2D eigenvalue weighted by Gasteiger charge is -2.28. The SMILES string of the molecule is NN1NC2=CC=CC3=CC=CN1C32. The molecule has 3 rings (SSSR count). The summed E-state index contributed by atoms with van der Waals surface area (Å²) < 4.78 is 0. The highest BCUT2D eigenvalue weighted by Crippen LogP contribution is 2.30. The quantitative estimate of drug-likeness (QED) is 0.514. The molecule has 2 heterocycles. The van der Waals surface area contributed by atoms with Crippen LogP contribution in [-0.2, 0) is 0 Å². The summed E-state index contributed by atoms with van der Waals surface area (Å²) in [5.41, 5.74) is 5.47. The Bertz CT molecular complexity index is 364. The maximum absolute atomic E-state index is 5.75. The molecule has 0 aromatic carbocycles. The summed E-state index contributed by atoms with van der Waals surface area (Å²) in [6, 6.07) is 0.250. The molecule has 66 valence electrons. The molecule has 0 radical (unpaired) electrons. The Balaban J connectivity index is 2.13. The van der Waals surface area contributed by atoms with E-state index in [1.807, 2.05) is 29.4 Å². The van der Waals surface area contributed by atoms with E-state index in [2.05, 4.69) is 17.6 Å². The van der Waals surface area contributed by atoms with Crippen molar-refractivity contribution in [2.75, 3.05) is 0 Å². The van der Waals surface area contributed by atoms with Crippen LogP contribution in [-0.4, -0.2) is 16.3 Å². The Morgan fingerprint density at radius 3 is 3.15 bits per heavy atom. The van der Waals surface area contributed by atoms with E-state index < -0.39 is 0 Å². The summed E-state index contributed by atoms with van der Waals surface area (Å²) in [5, 5.41) is 3.47. The Kier molecular flexibility index (Phi) is 1.20. The van der Waals surface area contributed by atoms with Gasteiger partial charge in [-0.3, -0.25) is 10.4 Å². The fourth-order valence-corrected chi connectivity index (χ4v) is 1.88. The largest absolute Gasteiger partial charge is 0.289 e. The molecule has 4 nitrogen and oxygen atoms in total. The minimum absolute atomic E-state index is 0.250. The fraction of sp³-hybridized carbons (Fsp3) is 0.111. The van der Waals surface area contributed by atoms with Gasteiger partial charge in [-0.05, 0) is 17.7 Å². The summed E-state index contributed by atoms with van der Waals surface area (Å²) in [7, 11) is 0. The monoisotopic (exact) mass is 174 g/mol. The molecule has 0 bridgehead atoms. The van der Waals surface area contributed by atoms with Crippen LogP contribution < -0.4 is 11.3 Å². The highest BCUT2D eigenvalue weighted by atomic mass is 15.9. The Labute approximate surface area is 76.2 Å². The first-order chi connectivity index (χ1) is 6.36. The minimum Gasteiger partial charge on any atom is -0.289 e. The van der Waals surface area contributed by atoms with Crippen LogP contribution in [0.1, 0.15) is 0 Å². The van der Waals surface area contributed by atoms with E-state index >= 15 is 0 Å². The van der Waals surface area contributed by atoms with Crippen molar-refractivity contribution in [3.63, 3.8) is 0 Å². The lowest BCUT2D eigenvalue weighted by atomic mass is 9.97. The number of hydrogen-bond donors (Lipinski definition) is 2. The van der Waals surface area contributed by atoms with Gasteiger partial charge in [0.25, 0.3) is 0 Å². The van der Waals surface area contributed by atoms with Gasteiger partial charge in [0.05, 0.1) is 5.70 Å². The number of allylic oxidation sites excluding steroid dienone is 4. The van der Waals surface area contributed by atoms with Crippen LogP contribution in [0.2, 0.25) is 0 Å². The van der Waals surface area contributed by atoms with E-state index in [-0.39, 0.29) is 6.04 Å². The van der Waals surface area contributed by atoms with Crippen molar-refractivity contribution in [1.82, 2.24) is 15.7 Å². The average Bonchev–Trinajstić information content (AvgIpc) is 2.47. The van der Waals surface area contributed by atoms with Crippen LogP contribution in [0.15, 0.2) is 47.9 Å². The Hall–Kier alpha value is -1.52. The molecular formula is C9H10N4. The molecule has 4 heteroatoms. The number of hydrogen-bond acceptors (Lipinski definition) is 4. The predicted molar refractivity (Wildman–Crippen MR) is 49.2 cm³/mol. The predicted octanol–water partition coefficient (Wildman–Crippen LogP) is 0.173. The van der Waals surface area contributed by atoms with Crippen LogP contribution >= 0.6 is 0 Å². The van der Waals surface area contributed by atoms with Gasteiger partial charge < -0.3 is 0 Å². The van der Waals surface area contributed by atoms with Gasteiger partial charge in [0.2, 0.25) is 0 Å². The van der Waals surface area contributed by atoms with Gasteiger partial charge in [-0.1, -0.05) is 23.5 Å². The minimum atomic E-state index is 0.250. The first-order valence-electron chi connectivity index (χ1n) is 4.22. The van der Waals surface area contributed by atoms with E-state index in [9.17, 15) is 0 Å². The third-order valence-corrected chi connectivity index (χ3v) is 2.46. The van der Waals surface area contributed by atoms with E-state index in [1.54, 1.807) is 0 Å². The highest BCUT2D eigenvalue weighted by Gasteiger charge is 2.35. The zero-order valence-corrected chi connectivity index (χ0v) is 7.01. The molecule has 0 aromatic heterocycles. The molecule has 3 N–H and O–H groups in total. The molecular weight excluding hydrogens is 164 g/mol. The van der Waals surface area contributed by atoms with Gasteiger partial charge in [0.1, 0.15) is 6.04 Å². The molecule has 0 spiro atoms. The average molecular weight is 174 g/mol. The molecule has 1 fully saturated rings. The van der Waals surface area contributed by atoms with Crippen LogP contribution in [0.5, 0.6) is 0 Å². The molecule has 1 aliphatic carbocycles. The topological polar surface area (TPSA) is 44.5 Å². The third-order valence-electron chi connectivity index (χ3n) is 2.46. The molecule has 3 aliphatic rings. The summed E-state index contributed by atoms with van der Waals surface area (Å²) in [6.07, 6.45) is 12.2. The van der Waals surface area contributed by atoms with Crippen molar-refractivity contribution in [1.29, 1.82) is 0 Å². The third kappa shape index (κ3) is 0.811. The van der Waals surface area contributed by atoms with Crippen LogP contribution in [0.4, 0.5) is 0 Å². The molecule has 0 amide bonds. The second kappa shape index (κ2) is 2.25. The van der Waals surface area contributed by atoms with Crippen molar-refractivity contribution in [2.45, 2.75) is 6.04 Å². The van der Waals surface area contributed by atoms with Gasteiger partial charge in [-0.25, -0.2) is 5.84 Å². The fourth-order valence-electron chi connectivity index (χ4n) is 1.88. The van der Waals surface area contributed by atoms with Crippen LogP contribution in [0, 0.1) is 0 Å². The van der Waals surface area contributed by atoms with Gasteiger partial charge in [0.15, 0.2) is 0 Å². The molecule has 2 aliphatic heterocycles. The van der Waals surface area contributed by atoms with Crippen molar-refractivity contribution in [3.05, 3.63) is 47.9 Å². The van der Waals surface area contributed by atoms with Crippen LogP contribution in [0.25, 0.3) is 0 Å². The summed E-state index contributed by atoms with van der Waals surface area (Å²) in [5.74, 6) is 5.75. The summed E-state index contributed by atoms with van der Waals surface area (Å²) in [4.78, 5) is 0. The van der Waals surface area contributed by atoms with E-state index in [1.165, 1.54) is 10.8 Å². The number of rotatable bonds is 0. The zero-order valence-electron chi connectivity index (χ0n) is 7.01. The molecule has 13 heavy (non-hydrogen) atoms. The molecule has 1 saturated heterocycles. The first kappa shape index (κ1) is 6.94. The molecule has 0 aromatic rings. The Morgan fingerprint density at radius 1 is 1.31 bits per heavy atom. The Morgan fingerprint density at radius 2 is 2.23 bits per heavy atom. The highest BCUT2D eigenvalue weighted by molar-refractivity contribution is 5.45. The van der Waals surface area contributed by atoms with Gasteiger partial charge in [-0.2, -0.15) is 0 Å². The van der Waals surface area contributed by atoms with Crippen LogP contribution in [0.3, 0.4) is 0 Å². The zero-order chi connectivity index (χ0) is 8.84. The maximum atomic E-state index is 5.75. The first-order valence-corrected chi connectivity index (χ1v) is 4.22. The number of hydrazine groups is 3. The lowest BCUT2D eigenvalue weighted by molar-refractivity contribution is 0.0183. The number of nitrogens with one attached hydrogen (secondary N) is 1. The number of nitrogens with two attached hydrogens (primary N) is 1. The second-order valence-corrected chi connectivity index (χ2v) is 3.23. The summed E-state index contributed by atoms with van der Waals surface area (Å²) in [6.45, 7) is 0.